The number of nitrogen functional groups attached to an aromatic ring is 1. The molecule has 6 nitrogen and oxygen atoms in total. The van der Waals surface area contributed by atoms with Crippen molar-refractivity contribution in [2.24, 2.45) is 0 Å². The van der Waals surface area contributed by atoms with Gasteiger partial charge in [0.2, 0.25) is 5.95 Å². The van der Waals surface area contributed by atoms with Gasteiger partial charge in [0.15, 0.2) is 11.5 Å². The van der Waals surface area contributed by atoms with E-state index in [0.29, 0.717) is 23.3 Å². The first kappa shape index (κ1) is 14.9. The highest BCUT2D eigenvalue weighted by Gasteiger charge is 2.16. The predicted octanol–water partition coefficient (Wildman–Crippen LogP) is 3.20. The Hall–Kier alpha value is -2.63. The number of imidazole rings is 1. The van der Waals surface area contributed by atoms with Crippen LogP contribution in [-0.4, -0.2) is 25.6 Å². The highest BCUT2D eigenvalue weighted by atomic mass is 15.2. The molecule has 0 bridgehead atoms. The minimum absolute atomic E-state index is 0.435. The quantitative estimate of drug-likeness (QED) is 0.771. The molecule has 3 aromatic rings. The number of anilines is 2. The van der Waals surface area contributed by atoms with Gasteiger partial charge >= 0.3 is 0 Å². The van der Waals surface area contributed by atoms with E-state index < -0.39 is 0 Å². The maximum Gasteiger partial charge on any atom is 0.226 e. The van der Waals surface area contributed by atoms with Gasteiger partial charge in [-0.25, -0.2) is 4.98 Å². The first-order valence-corrected chi connectivity index (χ1v) is 8.58. The second kappa shape index (κ2) is 6.47. The fourth-order valence-corrected chi connectivity index (χ4v) is 3.36. The maximum atomic E-state index is 6.10. The number of hydrogen-bond acceptors (Lipinski definition) is 5. The molecule has 1 aromatic carbocycles. The van der Waals surface area contributed by atoms with Crippen molar-refractivity contribution < 1.29 is 0 Å². The largest absolute Gasteiger partial charge is 0.382 e. The van der Waals surface area contributed by atoms with E-state index in [-0.39, 0.29) is 0 Å². The smallest absolute Gasteiger partial charge is 0.226 e. The molecule has 1 fully saturated rings. The number of nitrogens with one attached hydrogen (secondary N) is 1. The monoisotopic (exact) mass is 322 g/mol. The van der Waals surface area contributed by atoms with Crippen molar-refractivity contribution in [3.8, 4) is 0 Å². The Bertz CT molecular complexity index is 820. The molecule has 24 heavy (non-hydrogen) atoms. The van der Waals surface area contributed by atoms with Crippen LogP contribution < -0.4 is 11.1 Å². The molecule has 0 aliphatic heterocycles. The van der Waals surface area contributed by atoms with Crippen LogP contribution >= 0.6 is 0 Å². The molecule has 0 radical (unpaired) electrons. The molecule has 2 heterocycles. The van der Waals surface area contributed by atoms with Gasteiger partial charge in [0.1, 0.15) is 5.52 Å². The van der Waals surface area contributed by atoms with Crippen LogP contribution in [0, 0.1) is 0 Å². The third-order valence-corrected chi connectivity index (χ3v) is 4.62. The van der Waals surface area contributed by atoms with Crippen molar-refractivity contribution in [1.82, 2.24) is 19.5 Å². The summed E-state index contributed by atoms with van der Waals surface area (Å²) in [6.45, 7) is 0.719. The van der Waals surface area contributed by atoms with Gasteiger partial charge < -0.3 is 15.6 Å². The third kappa shape index (κ3) is 3.04. The van der Waals surface area contributed by atoms with Gasteiger partial charge in [-0.3, -0.25) is 0 Å². The van der Waals surface area contributed by atoms with Gasteiger partial charge in [0.05, 0.1) is 12.9 Å². The zero-order chi connectivity index (χ0) is 16.4. The second-order valence-electron chi connectivity index (χ2n) is 6.44. The normalized spacial score (nSPS) is 15.7. The number of benzene rings is 1. The molecule has 1 saturated carbocycles. The summed E-state index contributed by atoms with van der Waals surface area (Å²) in [5.74, 6) is 1.05. The number of hydrogen-bond donors (Lipinski definition) is 2. The lowest BCUT2D eigenvalue weighted by Gasteiger charge is -2.22. The Labute approximate surface area is 141 Å². The molecular formula is C18H22N6. The first-order valence-electron chi connectivity index (χ1n) is 8.58. The molecule has 3 N–H and O–H groups in total. The van der Waals surface area contributed by atoms with Crippen molar-refractivity contribution in [1.29, 1.82) is 0 Å². The second-order valence-corrected chi connectivity index (χ2v) is 6.44. The molecule has 0 spiro atoms. The van der Waals surface area contributed by atoms with Crippen LogP contribution in [0.2, 0.25) is 0 Å². The van der Waals surface area contributed by atoms with E-state index in [1.54, 1.807) is 6.33 Å². The zero-order valence-electron chi connectivity index (χ0n) is 13.7. The zero-order valence-corrected chi connectivity index (χ0v) is 13.7. The van der Waals surface area contributed by atoms with Gasteiger partial charge in [-0.15, -0.1) is 0 Å². The van der Waals surface area contributed by atoms with Gasteiger partial charge in [0.25, 0.3) is 0 Å². The SMILES string of the molecule is Nc1nc(NC2CCCCC2)nc2c1ncn2Cc1ccccc1. The fourth-order valence-electron chi connectivity index (χ4n) is 3.36. The lowest BCUT2D eigenvalue weighted by Crippen LogP contribution is -2.23. The highest BCUT2D eigenvalue weighted by Crippen LogP contribution is 2.23. The summed E-state index contributed by atoms with van der Waals surface area (Å²) in [6.07, 6.45) is 7.98. The Morgan fingerprint density at radius 3 is 2.67 bits per heavy atom. The summed E-state index contributed by atoms with van der Waals surface area (Å²) in [5, 5.41) is 3.45. The summed E-state index contributed by atoms with van der Waals surface area (Å²) < 4.78 is 2.02. The van der Waals surface area contributed by atoms with E-state index in [4.69, 9.17) is 5.73 Å². The summed E-state index contributed by atoms with van der Waals surface area (Å²) in [5.41, 5.74) is 8.76. The molecule has 0 amide bonds. The molecule has 124 valence electrons. The van der Waals surface area contributed by atoms with Gasteiger partial charge in [-0.1, -0.05) is 49.6 Å². The van der Waals surface area contributed by atoms with Crippen LogP contribution in [0.1, 0.15) is 37.7 Å². The van der Waals surface area contributed by atoms with Crippen molar-refractivity contribution in [2.45, 2.75) is 44.7 Å². The maximum absolute atomic E-state index is 6.10. The molecule has 0 atom stereocenters. The third-order valence-electron chi connectivity index (χ3n) is 4.62. The average Bonchev–Trinajstić information content (AvgIpc) is 3.00. The summed E-state index contributed by atoms with van der Waals surface area (Å²) in [4.78, 5) is 13.5. The van der Waals surface area contributed by atoms with E-state index in [1.165, 1.54) is 37.7 Å². The lowest BCUT2D eigenvalue weighted by molar-refractivity contribution is 0.461. The van der Waals surface area contributed by atoms with Crippen LogP contribution in [0.25, 0.3) is 11.2 Å². The van der Waals surface area contributed by atoms with Crippen molar-refractivity contribution in [2.75, 3.05) is 11.1 Å². The van der Waals surface area contributed by atoms with E-state index in [9.17, 15) is 0 Å². The van der Waals surface area contributed by atoms with Crippen LogP contribution in [0.4, 0.5) is 11.8 Å². The van der Waals surface area contributed by atoms with E-state index >= 15 is 0 Å². The Morgan fingerprint density at radius 2 is 1.88 bits per heavy atom. The minimum atomic E-state index is 0.435. The molecule has 0 unspecified atom stereocenters. The molecule has 1 aliphatic rings. The molecule has 6 heteroatoms. The molecule has 2 aromatic heterocycles. The molecule has 0 saturated heterocycles. The number of fused-ring (bicyclic) bond motifs is 1. The first-order chi connectivity index (χ1) is 11.8. The van der Waals surface area contributed by atoms with Crippen LogP contribution in [0.5, 0.6) is 0 Å². The predicted molar refractivity (Wildman–Crippen MR) is 95.8 cm³/mol. The van der Waals surface area contributed by atoms with Crippen LogP contribution in [-0.2, 0) is 6.54 Å². The topological polar surface area (TPSA) is 81.7 Å². The molecule has 4 rings (SSSR count). The fraction of sp³-hybridized carbons (Fsp3) is 0.389. The average molecular weight is 322 g/mol. The standard InChI is InChI=1S/C18H22N6/c19-16-15-17(23-18(22-16)21-14-9-5-2-6-10-14)24(12-20-15)11-13-7-3-1-4-8-13/h1,3-4,7-8,12,14H,2,5-6,9-11H2,(H3,19,21,22,23). The van der Waals surface area contributed by atoms with E-state index in [2.05, 4.69) is 32.4 Å². The lowest BCUT2D eigenvalue weighted by atomic mass is 9.96. The van der Waals surface area contributed by atoms with Gasteiger partial charge in [-0.2, -0.15) is 9.97 Å². The number of aromatic nitrogens is 4. The van der Waals surface area contributed by atoms with Crippen molar-refractivity contribution >= 4 is 22.9 Å². The van der Waals surface area contributed by atoms with Crippen molar-refractivity contribution in [3.63, 3.8) is 0 Å². The Kier molecular flexibility index (Phi) is 4.02. The van der Waals surface area contributed by atoms with Crippen LogP contribution in [0.3, 0.4) is 0 Å². The van der Waals surface area contributed by atoms with E-state index in [1.807, 2.05) is 22.8 Å². The van der Waals surface area contributed by atoms with Crippen LogP contribution in [0.15, 0.2) is 36.7 Å². The number of nitrogens with two attached hydrogens (primary N) is 1. The Morgan fingerprint density at radius 1 is 1.08 bits per heavy atom. The summed E-state index contributed by atoms with van der Waals surface area (Å²) >= 11 is 0. The summed E-state index contributed by atoms with van der Waals surface area (Å²) in [7, 11) is 0. The van der Waals surface area contributed by atoms with Gasteiger partial charge in [-0.05, 0) is 18.4 Å². The summed E-state index contributed by atoms with van der Waals surface area (Å²) in [6, 6.07) is 10.7. The number of rotatable bonds is 4. The Balaban J connectivity index is 1.63. The molecule has 1 aliphatic carbocycles. The van der Waals surface area contributed by atoms with Crippen molar-refractivity contribution in [3.05, 3.63) is 42.2 Å². The number of nitrogens with zero attached hydrogens (tertiary/aromatic N) is 4. The minimum Gasteiger partial charge on any atom is -0.382 e. The molecular weight excluding hydrogens is 300 g/mol. The van der Waals surface area contributed by atoms with Gasteiger partial charge in [0, 0.05) is 6.04 Å². The highest BCUT2D eigenvalue weighted by molar-refractivity contribution is 5.82. The van der Waals surface area contributed by atoms with E-state index in [0.717, 1.165) is 12.2 Å².